The number of anilines is 1. The van der Waals surface area contributed by atoms with Crippen LogP contribution in [-0.2, 0) is 4.79 Å². The number of nitrogens with zero attached hydrogens (tertiary/aromatic N) is 1. The number of carbonyl (C=O) groups excluding carboxylic acids is 2. The third-order valence-corrected chi connectivity index (χ3v) is 4.48. The van der Waals surface area contributed by atoms with Crippen LogP contribution in [0, 0.1) is 0 Å². The zero-order valence-electron chi connectivity index (χ0n) is 11.6. The van der Waals surface area contributed by atoms with Crippen molar-refractivity contribution in [2.45, 2.75) is 44.4 Å². The predicted molar refractivity (Wildman–Crippen MR) is 77.8 cm³/mol. The lowest BCUT2D eigenvalue weighted by Gasteiger charge is -2.20. The van der Waals surface area contributed by atoms with Gasteiger partial charge in [-0.1, -0.05) is 18.9 Å². The molecule has 2 N–H and O–H groups in total. The van der Waals surface area contributed by atoms with E-state index < -0.39 is 0 Å². The Morgan fingerprint density at radius 1 is 1.20 bits per heavy atom. The van der Waals surface area contributed by atoms with Gasteiger partial charge in [0.2, 0.25) is 11.8 Å². The zero-order chi connectivity index (χ0) is 14.1. The fourth-order valence-corrected chi connectivity index (χ4v) is 3.44. The molecule has 1 aromatic carbocycles. The number of hydrogen-bond donors (Lipinski definition) is 1. The Morgan fingerprint density at radius 2 is 1.95 bits per heavy atom. The standard InChI is InChI=1S/C16H20N2O2/c17-16(20)14-10-12(18-9-3-6-15(18)19)7-8-13(14)11-4-1-2-5-11/h7-8,10-11H,1-6,9H2,(H2,17,20). The Labute approximate surface area is 118 Å². The van der Waals surface area contributed by atoms with Gasteiger partial charge in [-0.05, 0) is 42.9 Å². The molecule has 2 amide bonds. The van der Waals surface area contributed by atoms with Crippen molar-refractivity contribution in [2.75, 3.05) is 11.4 Å². The van der Waals surface area contributed by atoms with Gasteiger partial charge in [0.05, 0.1) is 0 Å². The lowest BCUT2D eigenvalue weighted by atomic mass is 9.92. The van der Waals surface area contributed by atoms with Crippen molar-refractivity contribution in [2.24, 2.45) is 5.73 Å². The fraction of sp³-hybridized carbons (Fsp3) is 0.500. The normalized spacial score (nSPS) is 19.8. The first-order chi connectivity index (χ1) is 9.66. The molecule has 0 atom stereocenters. The summed E-state index contributed by atoms with van der Waals surface area (Å²) in [6, 6.07) is 5.76. The van der Waals surface area contributed by atoms with E-state index in [1.807, 2.05) is 12.1 Å². The minimum Gasteiger partial charge on any atom is -0.366 e. The first-order valence-electron chi connectivity index (χ1n) is 7.41. The Hall–Kier alpha value is -1.84. The summed E-state index contributed by atoms with van der Waals surface area (Å²) < 4.78 is 0. The van der Waals surface area contributed by atoms with Crippen molar-refractivity contribution in [3.63, 3.8) is 0 Å². The first-order valence-corrected chi connectivity index (χ1v) is 7.41. The maximum Gasteiger partial charge on any atom is 0.249 e. The second kappa shape index (κ2) is 5.27. The van der Waals surface area contributed by atoms with Gasteiger partial charge in [-0.15, -0.1) is 0 Å². The number of amides is 2. The second-order valence-electron chi connectivity index (χ2n) is 5.77. The number of nitrogens with two attached hydrogens (primary N) is 1. The van der Waals surface area contributed by atoms with Crippen LogP contribution < -0.4 is 10.6 Å². The molecule has 4 heteroatoms. The number of rotatable bonds is 3. The Balaban J connectivity index is 1.97. The Bertz CT molecular complexity index is 547. The van der Waals surface area contributed by atoms with Crippen molar-refractivity contribution in [3.05, 3.63) is 29.3 Å². The third-order valence-electron chi connectivity index (χ3n) is 4.48. The van der Waals surface area contributed by atoms with Gasteiger partial charge in [0.1, 0.15) is 0 Å². The van der Waals surface area contributed by atoms with Crippen LogP contribution in [0.2, 0.25) is 0 Å². The van der Waals surface area contributed by atoms with Gasteiger partial charge in [0, 0.05) is 24.2 Å². The number of primary amides is 1. The Kier molecular flexibility index (Phi) is 3.47. The van der Waals surface area contributed by atoms with Gasteiger partial charge >= 0.3 is 0 Å². The molecule has 0 spiro atoms. The minimum atomic E-state index is -0.389. The molecule has 20 heavy (non-hydrogen) atoms. The van der Waals surface area contributed by atoms with Crippen LogP contribution in [0.25, 0.3) is 0 Å². The summed E-state index contributed by atoms with van der Waals surface area (Å²) in [7, 11) is 0. The van der Waals surface area contributed by atoms with E-state index in [2.05, 4.69) is 0 Å². The highest BCUT2D eigenvalue weighted by atomic mass is 16.2. The van der Waals surface area contributed by atoms with E-state index in [4.69, 9.17) is 5.73 Å². The van der Waals surface area contributed by atoms with Crippen molar-refractivity contribution < 1.29 is 9.59 Å². The highest BCUT2D eigenvalue weighted by Gasteiger charge is 2.25. The van der Waals surface area contributed by atoms with Gasteiger partial charge in [-0.3, -0.25) is 9.59 Å². The topological polar surface area (TPSA) is 63.4 Å². The number of benzene rings is 1. The molecule has 0 bridgehead atoms. The van der Waals surface area contributed by atoms with E-state index in [-0.39, 0.29) is 11.8 Å². The zero-order valence-corrected chi connectivity index (χ0v) is 11.6. The molecule has 1 aliphatic carbocycles. The SMILES string of the molecule is NC(=O)c1cc(N2CCCC2=O)ccc1C1CCCC1. The lowest BCUT2D eigenvalue weighted by Crippen LogP contribution is -2.25. The van der Waals surface area contributed by atoms with Crippen LogP contribution in [0.1, 0.15) is 60.4 Å². The summed E-state index contributed by atoms with van der Waals surface area (Å²) in [6.07, 6.45) is 6.17. The van der Waals surface area contributed by atoms with E-state index in [0.29, 0.717) is 17.9 Å². The molecule has 1 aliphatic heterocycles. The quantitative estimate of drug-likeness (QED) is 0.919. The largest absolute Gasteiger partial charge is 0.366 e. The summed E-state index contributed by atoms with van der Waals surface area (Å²) >= 11 is 0. The maximum absolute atomic E-state index is 11.8. The highest BCUT2D eigenvalue weighted by molar-refractivity contribution is 5.99. The predicted octanol–water partition coefficient (Wildman–Crippen LogP) is 2.57. The molecule has 0 aromatic heterocycles. The molecular formula is C16H20N2O2. The molecule has 2 aliphatic rings. The fourth-order valence-electron chi connectivity index (χ4n) is 3.44. The van der Waals surface area contributed by atoms with Crippen LogP contribution in [0.3, 0.4) is 0 Å². The molecule has 1 aromatic rings. The molecule has 1 heterocycles. The summed E-state index contributed by atoms with van der Waals surface area (Å²) in [5.41, 5.74) is 8.00. The highest BCUT2D eigenvalue weighted by Crippen LogP contribution is 2.37. The van der Waals surface area contributed by atoms with E-state index in [1.54, 1.807) is 11.0 Å². The lowest BCUT2D eigenvalue weighted by molar-refractivity contribution is -0.117. The van der Waals surface area contributed by atoms with Gasteiger partial charge in [-0.2, -0.15) is 0 Å². The van der Waals surface area contributed by atoms with Crippen LogP contribution in [-0.4, -0.2) is 18.4 Å². The van der Waals surface area contributed by atoms with Gasteiger partial charge in [0.15, 0.2) is 0 Å². The summed E-state index contributed by atoms with van der Waals surface area (Å²) in [4.78, 5) is 25.3. The smallest absolute Gasteiger partial charge is 0.249 e. The Morgan fingerprint density at radius 3 is 2.55 bits per heavy atom. The second-order valence-corrected chi connectivity index (χ2v) is 5.77. The molecule has 1 saturated carbocycles. The third kappa shape index (κ3) is 2.30. The summed E-state index contributed by atoms with van der Waals surface area (Å²) in [6.45, 7) is 0.736. The number of hydrogen-bond acceptors (Lipinski definition) is 2. The monoisotopic (exact) mass is 272 g/mol. The van der Waals surface area contributed by atoms with Crippen LogP contribution >= 0.6 is 0 Å². The summed E-state index contributed by atoms with van der Waals surface area (Å²) in [5, 5.41) is 0. The maximum atomic E-state index is 11.8. The van der Waals surface area contributed by atoms with E-state index in [0.717, 1.165) is 37.1 Å². The van der Waals surface area contributed by atoms with Crippen molar-refractivity contribution in [1.82, 2.24) is 0 Å². The van der Waals surface area contributed by atoms with Crippen molar-refractivity contribution in [3.8, 4) is 0 Å². The van der Waals surface area contributed by atoms with Gasteiger partial charge in [0.25, 0.3) is 0 Å². The van der Waals surface area contributed by atoms with Crippen molar-refractivity contribution >= 4 is 17.5 Å². The molecule has 2 fully saturated rings. The van der Waals surface area contributed by atoms with Gasteiger partial charge in [-0.25, -0.2) is 0 Å². The molecule has 3 rings (SSSR count). The van der Waals surface area contributed by atoms with Crippen molar-refractivity contribution in [1.29, 1.82) is 0 Å². The molecule has 0 radical (unpaired) electrons. The molecule has 106 valence electrons. The van der Waals surface area contributed by atoms with E-state index in [1.165, 1.54) is 12.8 Å². The summed E-state index contributed by atoms with van der Waals surface area (Å²) in [5.74, 6) is 0.190. The average molecular weight is 272 g/mol. The first kappa shape index (κ1) is 13.2. The van der Waals surface area contributed by atoms with E-state index >= 15 is 0 Å². The molecule has 0 unspecified atom stereocenters. The van der Waals surface area contributed by atoms with E-state index in [9.17, 15) is 9.59 Å². The molecule has 4 nitrogen and oxygen atoms in total. The minimum absolute atomic E-state index is 0.133. The van der Waals surface area contributed by atoms with Gasteiger partial charge < -0.3 is 10.6 Å². The van der Waals surface area contributed by atoms with Crippen LogP contribution in [0.4, 0.5) is 5.69 Å². The molecular weight excluding hydrogens is 252 g/mol. The van der Waals surface area contributed by atoms with Crippen LogP contribution in [0.15, 0.2) is 18.2 Å². The molecule has 1 saturated heterocycles. The van der Waals surface area contributed by atoms with Crippen LogP contribution in [0.5, 0.6) is 0 Å². The number of carbonyl (C=O) groups is 2. The average Bonchev–Trinajstić information content (AvgIpc) is 3.09.